The summed E-state index contributed by atoms with van der Waals surface area (Å²) in [6.45, 7) is 3.12. The van der Waals surface area contributed by atoms with Gasteiger partial charge in [-0.1, -0.05) is 17.7 Å². The minimum absolute atomic E-state index is 0.0694. The molecular weight excluding hydrogens is 330 g/mol. The van der Waals surface area contributed by atoms with E-state index in [1.54, 1.807) is 4.90 Å². The Balaban J connectivity index is 1.58. The fraction of sp³-hybridized carbons (Fsp3) is 0.312. The van der Waals surface area contributed by atoms with Crippen LogP contribution in [-0.4, -0.2) is 49.8 Å². The SMILES string of the molecule is Cc1ccc(NC(=O)N2CCN(S(=O)(=O)c3ccco3)CC2)cc1. The molecule has 1 aromatic carbocycles. The molecule has 2 amide bonds. The Morgan fingerprint density at radius 1 is 1.08 bits per heavy atom. The molecule has 0 unspecified atom stereocenters. The Labute approximate surface area is 140 Å². The van der Waals surface area contributed by atoms with Gasteiger partial charge in [-0.25, -0.2) is 13.2 Å². The largest absolute Gasteiger partial charge is 0.452 e. The van der Waals surface area contributed by atoms with Crippen LogP contribution in [0, 0.1) is 6.92 Å². The van der Waals surface area contributed by atoms with E-state index in [9.17, 15) is 13.2 Å². The van der Waals surface area contributed by atoms with Gasteiger partial charge in [0, 0.05) is 31.9 Å². The summed E-state index contributed by atoms with van der Waals surface area (Å²) in [6.07, 6.45) is 1.33. The van der Waals surface area contributed by atoms with Crippen molar-refractivity contribution in [2.45, 2.75) is 12.0 Å². The zero-order valence-electron chi connectivity index (χ0n) is 13.3. The summed E-state index contributed by atoms with van der Waals surface area (Å²) in [6, 6.07) is 10.3. The normalized spacial score (nSPS) is 16.1. The number of nitrogens with one attached hydrogen (secondary N) is 1. The van der Waals surface area contributed by atoms with E-state index in [0.29, 0.717) is 13.1 Å². The molecule has 1 aliphatic heterocycles. The van der Waals surface area contributed by atoms with Crippen molar-refractivity contribution in [2.75, 3.05) is 31.5 Å². The van der Waals surface area contributed by atoms with Gasteiger partial charge in [0.05, 0.1) is 6.26 Å². The molecule has 8 heteroatoms. The van der Waals surface area contributed by atoms with Crippen LogP contribution in [0.1, 0.15) is 5.56 Å². The number of hydrogen-bond donors (Lipinski definition) is 1. The van der Waals surface area contributed by atoms with Crippen molar-refractivity contribution in [1.29, 1.82) is 0 Å². The first kappa shape index (κ1) is 16.5. The van der Waals surface area contributed by atoms with E-state index in [1.807, 2.05) is 31.2 Å². The van der Waals surface area contributed by atoms with Gasteiger partial charge in [-0.05, 0) is 31.2 Å². The van der Waals surface area contributed by atoms with Crippen molar-refractivity contribution in [1.82, 2.24) is 9.21 Å². The molecule has 3 rings (SSSR count). The van der Waals surface area contributed by atoms with Crippen LogP contribution in [0.3, 0.4) is 0 Å². The molecule has 0 saturated carbocycles. The van der Waals surface area contributed by atoms with Gasteiger partial charge in [0.1, 0.15) is 0 Å². The first-order chi connectivity index (χ1) is 11.5. The minimum Gasteiger partial charge on any atom is -0.452 e. The van der Waals surface area contributed by atoms with Crippen LogP contribution in [0.4, 0.5) is 10.5 Å². The number of carbonyl (C=O) groups is 1. The summed E-state index contributed by atoms with van der Waals surface area (Å²) in [5.74, 6) is 0. The molecule has 1 aromatic heterocycles. The van der Waals surface area contributed by atoms with Gasteiger partial charge < -0.3 is 14.6 Å². The highest BCUT2D eigenvalue weighted by atomic mass is 32.2. The zero-order valence-corrected chi connectivity index (χ0v) is 14.1. The van der Waals surface area contributed by atoms with Crippen LogP contribution in [-0.2, 0) is 10.0 Å². The quantitative estimate of drug-likeness (QED) is 0.920. The monoisotopic (exact) mass is 349 g/mol. The number of amides is 2. The summed E-state index contributed by atoms with van der Waals surface area (Å²) < 4.78 is 31.0. The van der Waals surface area contributed by atoms with Crippen LogP contribution in [0.2, 0.25) is 0 Å². The van der Waals surface area contributed by atoms with E-state index in [2.05, 4.69) is 5.32 Å². The number of carbonyl (C=O) groups excluding carboxylic acids is 1. The summed E-state index contributed by atoms with van der Waals surface area (Å²) in [5.41, 5.74) is 1.83. The van der Waals surface area contributed by atoms with Gasteiger partial charge in [0.15, 0.2) is 0 Å². The molecule has 0 bridgehead atoms. The Kier molecular flexibility index (Phi) is 4.59. The number of benzene rings is 1. The van der Waals surface area contributed by atoms with Crippen LogP contribution in [0.25, 0.3) is 0 Å². The predicted octanol–water partition coefficient (Wildman–Crippen LogP) is 2.13. The Morgan fingerprint density at radius 2 is 1.75 bits per heavy atom. The van der Waals surface area contributed by atoms with E-state index in [4.69, 9.17) is 4.42 Å². The van der Waals surface area contributed by atoms with Gasteiger partial charge in [-0.2, -0.15) is 4.31 Å². The molecule has 0 radical (unpaired) electrons. The van der Waals surface area contributed by atoms with E-state index in [1.165, 1.54) is 22.7 Å². The maximum atomic E-state index is 12.4. The molecule has 1 N–H and O–H groups in total. The third-order valence-electron chi connectivity index (χ3n) is 3.92. The van der Waals surface area contributed by atoms with Crippen LogP contribution >= 0.6 is 0 Å². The number of furan rings is 1. The lowest BCUT2D eigenvalue weighted by Gasteiger charge is -2.33. The van der Waals surface area contributed by atoms with Gasteiger partial charge in [-0.3, -0.25) is 0 Å². The van der Waals surface area contributed by atoms with E-state index < -0.39 is 10.0 Å². The molecule has 2 aromatic rings. The molecule has 1 fully saturated rings. The number of piperazine rings is 1. The highest BCUT2D eigenvalue weighted by Gasteiger charge is 2.31. The van der Waals surface area contributed by atoms with E-state index in [-0.39, 0.29) is 24.2 Å². The Bertz CT molecular complexity index is 792. The van der Waals surface area contributed by atoms with E-state index in [0.717, 1.165) is 11.3 Å². The Morgan fingerprint density at radius 3 is 2.33 bits per heavy atom. The lowest BCUT2D eigenvalue weighted by Crippen LogP contribution is -2.51. The second-order valence-electron chi connectivity index (χ2n) is 5.62. The zero-order chi connectivity index (χ0) is 17.2. The smallest absolute Gasteiger partial charge is 0.321 e. The average molecular weight is 349 g/mol. The van der Waals surface area contributed by atoms with E-state index >= 15 is 0 Å². The predicted molar refractivity (Wildman–Crippen MR) is 89.2 cm³/mol. The maximum absolute atomic E-state index is 12.4. The van der Waals surface area contributed by atoms with Gasteiger partial charge in [-0.15, -0.1) is 0 Å². The molecule has 0 atom stereocenters. The molecule has 128 valence electrons. The summed E-state index contributed by atoms with van der Waals surface area (Å²) in [7, 11) is -3.62. The van der Waals surface area contributed by atoms with Crippen LogP contribution < -0.4 is 5.32 Å². The molecular formula is C16H19N3O4S. The summed E-state index contributed by atoms with van der Waals surface area (Å²) in [4.78, 5) is 13.9. The lowest BCUT2D eigenvalue weighted by atomic mass is 10.2. The number of rotatable bonds is 3. The second kappa shape index (κ2) is 6.66. The highest BCUT2D eigenvalue weighted by Crippen LogP contribution is 2.18. The number of anilines is 1. The van der Waals surface area contributed by atoms with Crippen molar-refractivity contribution in [2.24, 2.45) is 0 Å². The molecule has 1 aliphatic rings. The number of sulfonamides is 1. The van der Waals surface area contributed by atoms with Gasteiger partial charge in [0.2, 0.25) is 5.09 Å². The summed E-state index contributed by atoms with van der Waals surface area (Å²) >= 11 is 0. The fourth-order valence-corrected chi connectivity index (χ4v) is 3.83. The molecule has 0 aliphatic carbocycles. The average Bonchev–Trinajstić information content (AvgIpc) is 3.12. The molecule has 7 nitrogen and oxygen atoms in total. The number of urea groups is 1. The van der Waals surface area contributed by atoms with Crippen LogP contribution in [0.15, 0.2) is 52.2 Å². The Hall–Kier alpha value is -2.32. The highest BCUT2D eigenvalue weighted by molar-refractivity contribution is 7.89. The second-order valence-corrected chi connectivity index (χ2v) is 7.49. The van der Waals surface area contributed by atoms with Crippen molar-refractivity contribution >= 4 is 21.7 Å². The number of nitrogens with zero attached hydrogens (tertiary/aromatic N) is 2. The summed E-state index contributed by atoms with van der Waals surface area (Å²) in [5, 5.41) is 2.75. The van der Waals surface area contributed by atoms with Crippen molar-refractivity contribution in [3.8, 4) is 0 Å². The van der Waals surface area contributed by atoms with Crippen LogP contribution in [0.5, 0.6) is 0 Å². The first-order valence-electron chi connectivity index (χ1n) is 7.63. The third kappa shape index (κ3) is 3.44. The number of aryl methyl sites for hydroxylation is 1. The van der Waals surface area contributed by atoms with Gasteiger partial charge >= 0.3 is 6.03 Å². The topological polar surface area (TPSA) is 82.9 Å². The van der Waals surface area contributed by atoms with Crippen molar-refractivity contribution < 1.29 is 17.6 Å². The molecule has 0 spiro atoms. The fourth-order valence-electron chi connectivity index (χ4n) is 2.51. The maximum Gasteiger partial charge on any atom is 0.321 e. The number of hydrogen-bond acceptors (Lipinski definition) is 4. The molecule has 24 heavy (non-hydrogen) atoms. The van der Waals surface area contributed by atoms with Crippen molar-refractivity contribution in [3.05, 3.63) is 48.2 Å². The molecule has 1 saturated heterocycles. The molecule has 2 heterocycles. The van der Waals surface area contributed by atoms with Crippen molar-refractivity contribution in [3.63, 3.8) is 0 Å². The standard InChI is InChI=1S/C16H19N3O4S/c1-13-4-6-14(7-5-13)17-16(20)18-8-10-19(11-9-18)24(21,22)15-3-2-12-23-15/h2-7,12H,8-11H2,1H3,(H,17,20). The third-order valence-corrected chi connectivity index (χ3v) is 5.70. The lowest BCUT2D eigenvalue weighted by molar-refractivity contribution is 0.183. The van der Waals surface area contributed by atoms with Gasteiger partial charge in [0.25, 0.3) is 10.0 Å². The minimum atomic E-state index is -3.62. The first-order valence-corrected chi connectivity index (χ1v) is 9.07.